The third-order valence-electron chi connectivity index (χ3n) is 7.10. The van der Waals surface area contributed by atoms with Gasteiger partial charge in [0.2, 0.25) is 0 Å². The van der Waals surface area contributed by atoms with Crippen molar-refractivity contribution in [1.82, 2.24) is 9.80 Å². The van der Waals surface area contributed by atoms with Gasteiger partial charge in [0.05, 0.1) is 17.7 Å². The molecule has 0 saturated heterocycles. The van der Waals surface area contributed by atoms with E-state index in [9.17, 15) is 14.1 Å². The van der Waals surface area contributed by atoms with Crippen molar-refractivity contribution in [3.8, 4) is 0 Å². The summed E-state index contributed by atoms with van der Waals surface area (Å²) in [5.41, 5.74) is 2.24. The Balaban J connectivity index is 1.05. The summed E-state index contributed by atoms with van der Waals surface area (Å²) < 4.78 is 18.6. The number of likely N-dealkylation sites (N-methyl/N-ethyl adjacent to an activating group) is 1. The third kappa shape index (κ3) is 6.97. The summed E-state index contributed by atoms with van der Waals surface area (Å²) in [6.45, 7) is 3.54. The van der Waals surface area contributed by atoms with Crippen LogP contribution >= 0.6 is 0 Å². The zero-order valence-corrected chi connectivity index (χ0v) is 22.1. The van der Waals surface area contributed by atoms with Gasteiger partial charge in [0.1, 0.15) is 5.25 Å². The normalized spacial score (nSPS) is 16.8. The van der Waals surface area contributed by atoms with E-state index in [2.05, 4.69) is 24.1 Å². The fraction of sp³-hybridized carbons (Fsp3) is 0.517. The largest absolute Gasteiger partial charge is 0.611 e. The van der Waals surface area contributed by atoms with Gasteiger partial charge in [0.25, 0.3) is 11.8 Å². The SMILES string of the molecule is CN(CCOCCCCCCN1C(=O)c2ccccc2C1=O)Cc1cccc([S+]([O-])C2CCCC2)c1. The Labute approximate surface area is 218 Å². The van der Waals surface area contributed by atoms with E-state index in [4.69, 9.17) is 4.74 Å². The van der Waals surface area contributed by atoms with Gasteiger partial charge in [-0.25, -0.2) is 0 Å². The lowest BCUT2D eigenvalue weighted by Gasteiger charge is -2.19. The number of nitrogens with zero attached hydrogens (tertiary/aromatic N) is 2. The summed E-state index contributed by atoms with van der Waals surface area (Å²) in [7, 11) is 2.09. The predicted molar refractivity (Wildman–Crippen MR) is 143 cm³/mol. The standard InChI is InChI=1S/C29H38N2O4S/c1-30(22-23-11-10-14-25(21-23)36(34)24-12-4-5-13-24)18-20-35-19-9-3-2-8-17-31-28(32)26-15-6-7-16-27(26)29(31)33/h6-7,10-11,14-16,21,24H,2-5,8-9,12-13,17-20,22H2,1H3. The molecule has 2 amide bonds. The number of hydrogen-bond acceptors (Lipinski definition) is 5. The van der Waals surface area contributed by atoms with Gasteiger partial charge in [0.15, 0.2) is 4.90 Å². The summed E-state index contributed by atoms with van der Waals surface area (Å²) >= 11 is -0.889. The van der Waals surface area contributed by atoms with Gasteiger partial charge in [-0.3, -0.25) is 19.4 Å². The van der Waals surface area contributed by atoms with Crippen LogP contribution in [0.3, 0.4) is 0 Å². The molecule has 1 aliphatic heterocycles. The highest BCUT2D eigenvalue weighted by atomic mass is 32.2. The average Bonchev–Trinajstić information content (AvgIpc) is 3.51. The van der Waals surface area contributed by atoms with Gasteiger partial charge in [-0.2, -0.15) is 0 Å². The maximum Gasteiger partial charge on any atom is 0.261 e. The molecule has 36 heavy (non-hydrogen) atoms. The topological polar surface area (TPSA) is 72.9 Å². The maximum absolute atomic E-state index is 12.8. The summed E-state index contributed by atoms with van der Waals surface area (Å²) in [6, 6.07) is 15.3. The molecule has 0 aromatic heterocycles. The molecule has 1 atom stereocenters. The first-order valence-corrected chi connectivity index (χ1v) is 14.5. The Morgan fingerprint density at radius 2 is 1.64 bits per heavy atom. The van der Waals surface area contributed by atoms with Crippen LogP contribution in [-0.2, 0) is 22.5 Å². The smallest absolute Gasteiger partial charge is 0.261 e. The average molecular weight is 511 g/mol. The Morgan fingerprint density at radius 3 is 2.36 bits per heavy atom. The number of hydrogen-bond donors (Lipinski definition) is 0. The predicted octanol–water partition coefficient (Wildman–Crippen LogP) is 5.04. The van der Waals surface area contributed by atoms with Crippen LogP contribution in [-0.4, -0.2) is 64.8 Å². The minimum Gasteiger partial charge on any atom is -0.611 e. The number of amides is 2. The van der Waals surface area contributed by atoms with Gasteiger partial charge in [-0.1, -0.05) is 37.1 Å². The van der Waals surface area contributed by atoms with Crippen LogP contribution in [0.5, 0.6) is 0 Å². The fourth-order valence-electron chi connectivity index (χ4n) is 5.05. The minimum atomic E-state index is -0.889. The van der Waals surface area contributed by atoms with E-state index < -0.39 is 11.2 Å². The van der Waals surface area contributed by atoms with Crippen molar-refractivity contribution >= 4 is 23.0 Å². The van der Waals surface area contributed by atoms with Crippen LogP contribution in [0.1, 0.15) is 77.6 Å². The fourth-order valence-corrected chi connectivity index (χ4v) is 6.67. The second-order valence-corrected chi connectivity index (χ2v) is 11.7. The van der Waals surface area contributed by atoms with Crippen LogP contribution in [0.4, 0.5) is 0 Å². The van der Waals surface area contributed by atoms with E-state index in [0.29, 0.717) is 29.5 Å². The van der Waals surface area contributed by atoms with Crippen molar-refractivity contribution in [3.63, 3.8) is 0 Å². The van der Waals surface area contributed by atoms with Crippen LogP contribution < -0.4 is 0 Å². The van der Waals surface area contributed by atoms with Crippen LogP contribution in [0.2, 0.25) is 0 Å². The molecule has 1 unspecified atom stereocenters. The molecule has 1 saturated carbocycles. The molecule has 2 aliphatic rings. The van der Waals surface area contributed by atoms with Crippen molar-refractivity contribution in [2.24, 2.45) is 0 Å². The second-order valence-electron chi connectivity index (χ2n) is 9.92. The molecule has 1 aliphatic carbocycles. The Hall–Kier alpha value is -2.19. The molecule has 194 valence electrons. The molecule has 2 aromatic rings. The lowest BCUT2D eigenvalue weighted by molar-refractivity contribution is 0.0650. The van der Waals surface area contributed by atoms with Crippen molar-refractivity contribution in [2.45, 2.75) is 68.1 Å². The molecule has 7 heteroatoms. The van der Waals surface area contributed by atoms with Crippen molar-refractivity contribution in [3.05, 3.63) is 65.2 Å². The summed E-state index contributed by atoms with van der Waals surface area (Å²) in [4.78, 5) is 29.3. The monoisotopic (exact) mass is 510 g/mol. The molecule has 1 fully saturated rings. The summed E-state index contributed by atoms with van der Waals surface area (Å²) in [5, 5.41) is 0.328. The van der Waals surface area contributed by atoms with Crippen LogP contribution in [0.15, 0.2) is 53.4 Å². The second kappa shape index (κ2) is 13.4. The Kier molecular flexibility index (Phi) is 9.98. The number of imide groups is 1. The zero-order valence-electron chi connectivity index (χ0n) is 21.3. The van der Waals surface area contributed by atoms with Crippen molar-refractivity contribution in [2.75, 3.05) is 33.4 Å². The molecule has 0 N–H and O–H groups in total. The molecule has 0 bridgehead atoms. The summed E-state index contributed by atoms with van der Waals surface area (Å²) in [6.07, 6.45) is 8.35. The lowest BCUT2D eigenvalue weighted by atomic mass is 10.1. The Morgan fingerprint density at radius 1 is 0.944 bits per heavy atom. The number of ether oxygens (including phenoxy) is 1. The third-order valence-corrected chi connectivity index (χ3v) is 8.90. The molecular weight excluding hydrogens is 472 g/mol. The highest BCUT2D eigenvalue weighted by molar-refractivity contribution is 7.92. The van der Waals surface area contributed by atoms with Gasteiger partial charge in [-0.15, -0.1) is 0 Å². The molecule has 4 rings (SSSR count). The highest BCUT2D eigenvalue weighted by Gasteiger charge is 2.34. The number of carbonyl (C=O) groups is 2. The van der Waals surface area contributed by atoms with E-state index in [1.807, 2.05) is 12.1 Å². The van der Waals surface area contributed by atoms with Gasteiger partial charge in [0, 0.05) is 26.2 Å². The van der Waals surface area contributed by atoms with Gasteiger partial charge < -0.3 is 9.29 Å². The van der Waals surface area contributed by atoms with E-state index in [1.54, 1.807) is 24.3 Å². The van der Waals surface area contributed by atoms with Gasteiger partial charge >= 0.3 is 0 Å². The van der Waals surface area contributed by atoms with Gasteiger partial charge in [-0.05, 0) is 86.6 Å². The number of fused-ring (bicyclic) bond motifs is 1. The van der Waals surface area contributed by atoms with E-state index in [1.165, 1.54) is 23.3 Å². The molecule has 2 aromatic carbocycles. The first kappa shape index (κ1) is 26.9. The molecular formula is C29H38N2O4S. The Bertz CT molecular complexity index is 989. The van der Waals surface area contributed by atoms with Crippen molar-refractivity contribution in [1.29, 1.82) is 0 Å². The van der Waals surface area contributed by atoms with Crippen LogP contribution in [0, 0.1) is 0 Å². The van der Waals surface area contributed by atoms with E-state index in [-0.39, 0.29) is 11.8 Å². The zero-order chi connectivity index (χ0) is 25.3. The highest BCUT2D eigenvalue weighted by Crippen LogP contribution is 2.30. The van der Waals surface area contributed by atoms with E-state index in [0.717, 1.165) is 63.1 Å². The number of carbonyl (C=O) groups excluding carboxylic acids is 2. The molecule has 1 heterocycles. The maximum atomic E-state index is 12.8. The summed E-state index contributed by atoms with van der Waals surface area (Å²) in [5.74, 6) is -0.339. The number of benzene rings is 2. The first-order chi connectivity index (χ1) is 17.5. The molecule has 6 nitrogen and oxygen atoms in total. The number of rotatable bonds is 14. The minimum absolute atomic E-state index is 0.170. The van der Waals surface area contributed by atoms with Crippen molar-refractivity contribution < 1.29 is 18.9 Å². The first-order valence-electron chi connectivity index (χ1n) is 13.3. The quantitative estimate of drug-likeness (QED) is 0.202. The lowest BCUT2D eigenvalue weighted by Crippen LogP contribution is -2.30. The van der Waals surface area contributed by atoms with Crippen LogP contribution in [0.25, 0.3) is 0 Å². The molecule has 0 spiro atoms. The molecule has 0 radical (unpaired) electrons. The number of unbranched alkanes of at least 4 members (excludes halogenated alkanes) is 3. The van der Waals surface area contributed by atoms with E-state index >= 15 is 0 Å².